The zero-order valence-electron chi connectivity index (χ0n) is 17.5. The molecule has 1 heterocycles. The Morgan fingerprint density at radius 3 is 2.38 bits per heavy atom. The fourth-order valence-electron chi connectivity index (χ4n) is 4.44. The Balaban J connectivity index is 1.98. The van der Waals surface area contributed by atoms with Crippen molar-refractivity contribution in [1.82, 2.24) is 4.57 Å². The minimum absolute atomic E-state index is 0.379. The average molecular weight is 385 g/mol. The molecule has 0 unspecified atom stereocenters. The normalized spacial score (nSPS) is 11.4. The number of amides is 1. The second kappa shape index (κ2) is 7.75. The van der Waals surface area contributed by atoms with Crippen molar-refractivity contribution in [2.45, 2.75) is 46.6 Å². The number of aryl methyl sites for hydroxylation is 3. The van der Waals surface area contributed by atoms with Crippen LogP contribution in [0.2, 0.25) is 0 Å². The monoisotopic (exact) mass is 384 g/mol. The van der Waals surface area contributed by atoms with Gasteiger partial charge in [-0.1, -0.05) is 60.9 Å². The maximum atomic E-state index is 12.1. The fraction of sp³-hybridized carbons (Fsp3) is 0.269. The molecule has 0 saturated carbocycles. The van der Waals surface area contributed by atoms with Gasteiger partial charge < -0.3 is 10.3 Å². The Morgan fingerprint density at radius 1 is 0.931 bits per heavy atom. The fourth-order valence-corrected chi connectivity index (χ4v) is 4.44. The maximum absolute atomic E-state index is 12.1. The molecule has 0 saturated heterocycles. The summed E-state index contributed by atoms with van der Waals surface area (Å²) in [5.41, 5.74) is 13.7. The number of nitrogens with two attached hydrogens (primary N) is 1. The molecule has 0 aliphatic carbocycles. The highest BCUT2D eigenvalue weighted by molar-refractivity contribution is 6.18. The summed E-state index contributed by atoms with van der Waals surface area (Å²) in [6, 6.07) is 19.2. The van der Waals surface area contributed by atoms with Crippen molar-refractivity contribution in [2.75, 3.05) is 0 Å². The van der Waals surface area contributed by atoms with Crippen molar-refractivity contribution in [3.63, 3.8) is 0 Å². The van der Waals surface area contributed by atoms with E-state index in [0.29, 0.717) is 5.56 Å². The van der Waals surface area contributed by atoms with Crippen LogP contribution in [0.3, 0.4) is 0 Å². The van der Waals surface area contributed by atoms with E-state index in [2.05, 4.69) is 67.8 Å². The van der Waals surface area contributed by atoms with Gasteiger partial charge >= 0.3 is 0 Å². The third kappa shape index (κ3) is 3.65. The summed E-state index contributed by atoms with van der Waals surface area (Å²) < 4.78 is 2.33. The highest BCUT2D eigenvalue weighted by Gasteiger charge is 2.17. The summed E-state index contributed by atoms with van der Waals surface area (Å²) in [6.45, 7) is 7.25. The molecule has 4 rings (SSSR count). The maximum Gasteiger partial charge on any atom is 0.249 e. The van der Waals surface area contributed by atoms with E-state index in [9.17, 15) is 4.79 Å². The number of hydrogen-bond donors (Lipinski definition) is 1. The van der Waals surface area contributed by atoms with Gasteiger partial charge in [0.05, 0.1) is 5.52 Å². The van der Waals surface area contributed by atoms with Crippen LogP contribution in [0.5, 0.6) is 0 Å². The summed E-state index contributed by atoms with van der Waals surface area (Å²) >= 11 is 0. The first-order chi connectivity index (χ1) is 14.0. The van der Waals surface area contributed by atoms with E-state index < -0.39 is 0 Å². The third-order valence-corrected chi connectivity index (χ3v) is 5.66. The topological polar surface area (TPSA) is 48.0 Å². The van der Waals surface area contributed by atoms with Gasteiger partial charge in [-0.2, -0.15) is 0 Å². The SMILES string of the molecule is CCCCc1ccc2c3c(C(N)=O)cccc3n(Cc3cc(C)cc(C)c3)c2c1. The van der Waals surface area contributed by atoms with Crippen LogP contribution in [0.15, 0.2) is 54.6 Å². The highest BCUT2D eigenvalue weighted by Crippen LogP contribution is 2.33. The zero-order valence-corrected chi connectivity index (χ0v) is 17.5. The molecule has 0 aliphatic heterocycles. The van der Waals surface area contributed by atoms with Crippen LogP contribution < -0.4 is 5.73 Å². The van der Waals surface area contributed by atoms with Crippen molar-refractivity contribution < 1.29 is 4.79 Å². The summed E-state index contributed by atoms with van der Waals surface area (Å²) in [7, 11) is 0. The summed E-state index contributed by atoms with van der Waals surface area (Å²) in [6.07, 6.45) is 3.42. The molecule has 2 N–H and O–H groups in total. The summed E-state index contributed by atoms with van der Waals surface area (Å²) in [5.74, 6) is -0.379. The van der Waals surface area contributed by atoms with E-state index in [1.807, 2.05) is 12.1 Å². The number of carbonyl (C=O) groups excluding carboxylic acids is 1. The number of nitrogens with zero attached hydrogens (tertiary/aromatic N) is 1. The molecule has 1 amide bonds. The van der Waals surface area contributed by atoms with Crippen LogP contribution in [0, 0.1) is 13.8 Å². The number of carbonyl (C=O) groups is 1. The molecule has 1 aromatic heterocycles. The molecule has 0 radical (unpaired) electrons. The Hall–Kier alpha value is -3.07. The van der Waals surface area contributed by atoms with Crippen molar-refractivity contribution >= 4 is 27.7 Å². The molecule has 0 atom stereocenters. The molecule has 3 heteroatoms. The van der Waals surface area contributed by atoms with E-state index in [0.717, 1.165) is 29.3 Å². The molecule has 29 heavy (non-hydrogen) atoms. The first-order valence-electron chi connectivity index (χ1n) is 10.4. The van der Waals surface area contributed by atoms with Gasteiger partial charge in [0.1, 0.15) is 0 Å². The quantitative estimate of drug-likeness (QED) is 0.442. The first-order valence-corrected chi connectivity index (χ1v) is 10.4. The van der Waals surface area contributed by atoms with E-state index >= 15 is 0 Å². The molecule has 0 fully saturated rings. The van der Waals surface area contributed by atoms with Crippen LogP contribution in [0.4, 0.5) is 0 Å². The molecule has 4 aromatic rings. The molecule has 3 nitrogen and oxygen atoms in total. The van der Waals surface area contributed by atoms with E-state index in [1.165, 1.54) is 40.6 Å². The van der Waals surface area contributed by atoms with Gasteiger partial charge in [-0.05, 0) is 56.0 Å². The second-order valence-electron chi connectivity index (χ2n) is 8.10. The number of hydrogen-bond acceptors (Lipinski definition) is 1. The van der Waals surface area contributed by atoms with Gasteiger partial charge in [-0.25, -0.2) is 0 Å². The van der Waals surface area contributed by atoms with Gasteiger partial charge in [0, 0.05) is 28.4 Å². The Kier molecular flexibility index (Phi) is 5.14. The Labute approximate surface area is 172 Å². The van der Waals surface area contributed by atoms with Crippen LogP contribution in [-0.4, -0.2) is 10.5 Å². The van der Waals surface area contributed by atoms with Crippen LogP contribution in [0.25, 0.3) is 21.8 Å². The van der Waals surface area contributed by atoms with Gasteiger partial charge in [0.25, 0.3) is 0 Å². The number of aromatic nitrogens is 1. The minimum atomic E-state index is -0.379. The van der Waals surface area contributed by atoms with Crippen molar-refractivity contribution in [3.8, 4) is 0 Å². The van der Waals surface area contributed by atoms with Gasteiger partial charge in [-0.3, -0.25) is 4.79 Å². The lowest BCUT2D eigenvalue weighted by Crippen LogP contribution is -2.11. The lowest BCUT2D eigenvalue weighted by atomic mass is 10.0. The second-order valence-corrected chi connectivity index (χ2v) is 8.10. The number of rotatable bonds is 6. The largest absolute Gasteiger partial charge is 0.366 e. The number of benzene rings is 3. The molecule has 148 valence electrons. The van der Waals surface area contributed by atoms with Gasteiger partial charge in [0.2, 0.25) is 5.91 Å². The Morgan fingerprint density at radius 2 is 1.69 bits per heavy atom. The lowest BCUT2D eigenvalue weighted by molar-refractivity contribution is 0.100. The van der Waals surface area contributed by atoms with Crippen LogP contribution in [0.1, 0.15) is 52.4 Å². The number of fused-ring (bicyclic) bond motifs is 3. The lowest BCUT2D eigenvalue weighted by Gasteiger charge is -2.11. The molecule has 0 aliphatic rings. The molecule has 0 spiro atoms. The molecule has 0 bridgehead atoms. The summed E-state index contributed by atoms with van der Waals surface area (Å²) in [5, 5.41) is 2.06. The van der Waals surface area contributed by atoms with Crippen LogP contribution >= 0.6 is 0 Å². The number of unbranched alkanes of at least 4 members (excludes halogenated alkanes) is 1. The standard InChI is InChI=1S/C26H28N2O/c1-4-5-7-19-10-11-21-24(15-19)28(16-20-13-17(2)12-18(3)14-20)23-9-6-8-22(25(21)23)26(27)29/h6,8-15H,4-5,7,16H2,1-3H3,(H2,27,29). The predicted octanol–water partition coefficient (Wildman–Crippen LogP) is 5.90. The van der Waals surface area contributed by atoms with Crippen LogP contribution in [-0.2, 0) is 13.0 Å². The predicted molar refractivity (Wildman–Crippen MR) is 122 cm³/mol. The molecular weight excluding hydrogens is 356 g/mol. The van der Waals surface area contributed by atoms with E-state index in [1.54, 1.807) is 0 Å². The van der Waals surface area contributed by atoms with E-state index in [-0.39, 0.29) is 5.91 Å². The van der Waals surface area contributed by atoms with E-state index in [4.69, 9.17) is 5.73 Å². The van der Waals surface area contributed by atoms with Crippen molar-refractivity contribution in [1.29, 1.82) is 0 Å². The zero-order chi connectivity index (χ0) is 20.5. The van der Waals surface area contributed by atoms with Gasteiger partial charge in [0.15, 0.2) is 0 Å². The molecule has 3 aromatic carbocycles. The van der Waals surface area contributed by atoms with Crippen molar-refractivity contribution in [2.24, 2.45) is 5.73 Å². The first kappa shape index (κ1) is 19.3. The highest BCUT2D eigenvalue weighted by atomic mass is 16.1. The summed E-state index contributed by atoms with van der Waals surface area (Å²) in [4.78, 5) is 12.1. The Bertz CT molecular complexity index is 1200. The minimum Gasteiger partial charge on any atom is -0.366 e. The molecular formula is C26H28N2O. The smallest absolute Gasteiger partial charge is 0.249 e. The van der Waals surface area contributed by atoms with Crippen molar-refractivity contribution in [3.05, 3.63) is 82.4 Å². The third-order valence-electron chi connectivity index (χ3n) is 5.66. The number of primary amides is 1. The average Bonchev–Trinajstić information content (AvgIpc) is 2.99. The van der Waals surface area contributed by atoms with Gasteiger partial charge in [-0.15, -0.1) is 0 Å².